The van der Waals surface area contributed by atoms with E-state index in [1.807, 2.05) is 0 Å². The summed E-state index contributed by atoms with van der Waals surface area (Å²) >= 11 is 0. The zero-order valence-corrected chi connectivity index (χ0v) is 16.6. The summed E-state index contributed by atoms with van der Waals surface area (Å²) in [6, 6.07) is 9.38. The number of anilines is 1. The number of carbonyl (C=O) groups excluding carboxylic acids is 3. The molecule has 1 heterocycles. The number of fused-ring (bicyclic) bond motifs is 1. The Morgan fingerprint density at radius 3 is 2.30 bits per heavy atom. The normalized spacial score (nSPS) is 12.8. The maximum absolute atomic E-state index is 12.8. The predicted octanol–water partition coefficient (Wildman–Crippen LogP) is 4.52. The molecule has 8 nitrogen and oxygen atoms in total. The standard InChI is InChI=1S/C22H22N2O6/c1-2-3-4-5-6-13-30-22(27)15-7-12-18-19(14-15)21(26)23(20(18)25)16-8-10-17(11-9-16)24(28)29/h7-12,14H,2-6,13H2,1H3. The van der Waals surface area contributed by atoms with Crippen LogP contribution in [0.15, 0.2) is 42.5 Å². The van der Waals surface area contributed by atoms with Crippen LogP contribution in [0.25, 0.3) is 0 Å². The van der Waals surface area contributed by atoms with Gasteiger partial charge >= 0.3 is 5.97 Å². The third-order valence-electron chi connectivity index (χ3n) is 4.92. The van der Waals surface area contributed by atoms with E-state index < -0.39 is 22.7 Å². The van der Waals surface area contributed by atoms with Gasteiger partial charge in [-0.25, -0.2) is 9.69 Å². The van der Waals surface area contributed by atoms with E-state index in [0.717, 1.165) is 37.0 Å². The summed E-state index contributed by atoms with van der Waals surface area (Å²) in [5, 5.41) is 10.8. The smallest absolute Gasteiger partial charge is 0.338 e. The van der Waals surface area contributed by atoms with Crippen LogP contribution in [-0.2, 0) is 4.74 Å². The summed E-state index contributed by atoms with van der Waals surface area (Å²) in [5.41, 5.74) is 0.567. The average Bonchev–Trinajstić information content (AvgIpc) is 3.00. The van der Waals surface area contributed by atoms with Crippen LogP contribution < -0.4 is 4.90 Å². The molecule has 1 aliphatic heterocycles. The quantitative estimate of drug-likeness (QED) is 0.198. The van der Waals surface area contributed by atoms with E-state index in [1.165, 1.54) is 42.5 Å². The van der Waals surface area contributed by atoms with E-state index in [-0.39, 0.29) is 28.1 Å². The summed E-state index contributed by atoms with van der Waals surface area (Å²) in [6.45, 7) is 2.43. The van der Waals surface area contributed by atoms with Crippen molar-refractivity contribution in [1.29, 1.82) is 0 Å². The van der Waals surface area contributed by atoms with Gasteiger partial charge in [0.25, 0.3) is 17.5 Å². The molecule has 3 rings (SSSR count). The van der Waals surface area contributed by atoms with E-state index in [1.54, 1.807) is 0 Å². The molecule has 2 aromatic carbocycles. The summed E-state index contributed by atoms with van der Waals surface area (Å²) in [6.07, 6.45) is 5.16. The van der Waals surface area contributed by atoms with Crippen LogP contribution in [-0.4, -0.2) is 29.3 Å². The van der Waals surface area contributed by atoms with Crippen molar-refractivity contribution in [3.05, 3.63) is 69.3 Å². The molecule has 0 spiro atoms. The first-order valence-corrected chi connectivity index (χ1v) is 9.88. The average molecular weight is 410 g/mol. The molecule has 0 aromatic heterocycles. The summed E-state index contributed by atoms with van der Waals surface area (Å²) in [5.74, 6) is -1.67. The first-order chi connectivity index (χ1) is 14.4. The lowest BCUT2D eigenvalue weighted by Crippen LogP contribution is -2.29. The molecule has 0 radical (unpaired) electrons. The number of esters is 1. The topological polar surface area (TPSA) is 107 Å². The molecular weight excluding hydrogens is 388 g/mol. The van der Waals surface area contributed by atoms with Gasteiger partial charge in [0.15, 0.2) is 0 Å². The predicted molar refractivity (Wildman–Crippen MR) is 110 cm³/mol. The van der Waals surface area contributed by atoms with Crippen LogP contribution >= 0.6 is 0 Å². The number of carbonyl (C=O) groups is 3. The van der Waals surface area contributed by atoms with E-state index in [4.69, 9.17) is 4.74 Å². The minimum atomic E-state index is -0.585. The fourth-order valence-corrected chi connectivity index (χ4v) is 3.28. The van der Waals surface area contributed by atoms with Gasteiger partial charge in [0.2, 0.25) is 0 Å². The van der Waals surface area contributed by atoms with Crippen molar-refractivity contribution < 1.29 is 24.0 Å². The van der Waals surface area contributed by atoms with Crippen LogP contribution in [0.2, 0.25) is 0 Å². The third-order valence-corrected chi connectivity index (χ3v) is 4.92. The number of amides is 2. The Morgan fingerprint density at radius 1 is 0.967 bits per heavy atom. The zero-order chi connectivity index (χ0) is 21.7. The number of hydrogen-bond donors (Lipinski definition) is 0. The Kier molecular flexibility index (Phi) is 6.56. The second-order valence-electron chi connectivity index (χ2n) is 7.03. The van der Waals surface area contributed by atoms with E-state index in [2.05, 4.69) is 6.92 Å². The van der Waals surface area contributed by atoms with Gasteiger partial charge in [-0.05, 0) is 36.8 Å². The van der Waals surface area contributed by atoms with Crippen LogP contribution in [0.5, 0.6) is 0 Å². The SMILES string of the molecule is CCCCCCCOC(=O)c1ccc2c(c1)C(=O)N(c1ccc([N+](=O)[O-])cc1)C2=O. The molecule has 0 N–H and O–H groups in total. The lowest BCUT2D eigenvalue weighted by molar-refractivity contribution is -0.384. The maximum atomic E-state index is 12.8. The number of non-ortho nitro benzene ring substituents is 1. The number of nitro benzene ring substituents is 1. The van der Waals surface area contributed by atoms with Crippen molar-refractivity contribution in [2.45, 2.75) is 39.0 Å². The van der Waals surface area contributed by atoms with Gasteiger partial charge in [-0.15, -0.1) is 0 Å². The number of rotatable bonds is 9. The van der Waals surface area contributed by atoms with E-state index in [9.17, 15) is 24.5 Å². The van der Waals surface area contributed by atoms with Gasteiger partial charge in [0.05, 0.1) is 33.9 Å². The van der Waals surface area contributed by atoms with Crippen LogP contribution in [0, 0.1) is 10.1 Å². The Labute approximate surface area is 173 Å². The highest BCUT2D eigenvalue weighted by Crippen LogP contribution is 2.30. The second-order valence-corrected chi connectivity index (χ2v) is 7.03. The fourth-order valence-electron chi connectivity index (χ4n) is 3.28. The number of nitrogens with zero attached hydrogens (tertiary/aromatic N) is 2. The second kappa shape index (κ2) is 9.30. The highest BCUT2D eigenvalue weighted by Gasteiger charge is 2.37. The van der Waals surface area contributed by atoms with Crippen LogP contribution in [0.1, 0.15) is 70.1 Å². The largest absolute Gasteiger partial charge is 0.462 e. The number of hydrogen-bond acceptors (Lipinski definition) is 6. The molecule has 0 saturated heterocycles. The number of ether oxygens (including phenoxy) is 1. The zero-order valence-electron chi connectivity index (χ0n) is 16.6. The molecule has 0 fully saturated rings. The highest BCUT2D eigenvalue weighted by molar-refractivity contribution is 6.34. The Balaban J connectivity index is 1.70. The summed E-state index contributed by atoms with van der Waals surface area (Å²) in [4.78, 5) is 48.9. The molecule has 0 saturated carbocycles. The number of imide groups is 1. The molecule has 30 heavy (non-hydrogen) atoms. The monoisotopic (exact) mass is 410 g/mol. The van der Waals surface area contributed by atoms with Gasteiger partial charge in [0, 0.05) is 12.1 Å². The third kappa shape index (κ3) is 4.37. The van der Waals surface area contributed by atoms with Gasteiger partial charge in [-0.2, -0.15) is 0 Å². The molecule has 0 unspecified atom stereocenters. The van der Waals surface area contributed by atoms with Crippen molar-refractivity contribution >= 4 is 29.2 Å². The molecule has 2 aromatic rings. The van der Waals surface area contributed by atoms with Crippen molar-refractivity contribution in [3.63, 3.8) is 0 Å². The molecule has 0 aliphatic carbocycles. The minimum Gasteiger partial charge on any atom is -0.462 e. The number of unbranched alkanes of at least 4 members (excludes halogenated alkanes) is 4. The molecular formula is C22H22N2O6. The van der Waals surface area contributed by atoms with Gasteiger partial charge in [-0.3, -0.25) is 19.7 Å². The molecule has 0 bridgehead atoms. The first kappa shape index (κ1) is 21.2. The lowest BCUT2D eigenvalue weighted by atomic mass is 10.1. The first-order valence-electron chi connectivity index (χ1n) is 9.88. The summed E-state index contributed by atoms with van der Waals surface area (Å²) in [7, 11) is 0. The minimum absolute atomic E-state index is 0.107. The number of benzene rings is 2. The van der Waals surface area contributed by atoms with Gasteiger partial charge in [0.1, 0.15) is 0 Å². The van der Waals surface area contributed by atoms with Crippen molar-refractivity contribution in [1.82, 2.24) is 0 Å². The van der Waals surface area contributed by atoms with Crippen LogP contribution in [0.3, 0.4) is 0 Å². The molecule has 156 valence electrons. The van der Waals surface area contributed by atoms with Crippen molar-refractivity contribution in [3.8, 4) is 0 Å². The molecule has 0 atom stereocenters. The molecule has 1 aliphatic rings. The van der Waals surface area contributed by atoms with Crippen LogP contribution in [0.4, 0.5) is 11.4 Å². The van der Waals surface area contributed by atoms with Gasteiger partial charge < -0.3 is 4.74 Å². The van der Waals surface area contributed by atoms with Crippen molar-refractivity contribution in [2.24, 2.45) is 0 Å². The Morgan fingerprint density at radius 2 is 1.63 bits per heavy atom. The Hall–Kier alpha value is -3.55. The Bertz CT molecular complexity index is 984. The van der Waals surface area contributed by atoms with E-state index in [0.29, 0.717) is 6.61 Å². The van der Waals surface area contributed by atoms with E-state index >= 15 is 0 Å². The van der Waals surface area contributed by atoms with Gasteiger partial charge in [-0.1, -0.05) is 32.6 Å². The lowest BCUT2D eigenvalue weighted by Gasteiger charge is -2.13. The number of nitro groups is 1. The summed E-state index contributed by atoms with van der Waals surface area (Å²) < 4.78 is 5.26. The molecule has 2 amide bonds. The van der Waals surface area contributed by atoms with Crippen molar-refractivity contribution in [2.75, 3.05) is 11.5 Å². The molecule has 8 heteroatoms. The maximum Gasteiger partial charge on any atom is 0.338 e. The highest BCUT2D eigenvalue weighted by atomic mass is 16.6. The fraction of sp³-hybridized carbons (Fsp3) is 0.318.